The number of nitrogens with one attached hydrogen (secondary N) is 2. The van der Waals surface area contributed by atoms with Gasteiger partial charge in [-0.25, -0.2) is 9.36 Å². The van der Waals surface area contributed by atoms with Crippen LogP contribution >= 0.6 is 24.0 Å². The van der Waals surface area contributed by atoms with Crippen molar-refractivity contribution in [3.05, 3.63) is 53.6 Å². The van der Waals surface area contributed by atoms with Crippen LogP contribution in [0.25, 0.3) is 5.69 Å². The lowest BCUT2D eigenvalue weighted by Crippen LogP contribution is -2.29. The lowest BCUT2D eigenvalue weighted by molar-refractivity contribution is 0.102. The predicted octanol–water partition coefficient (Wildman–Crippen LogP) is 2.72. The quantitative estimate of drug-likeness (QED) is 0.693. The van der Waals surface area contributed by atoms with Gasteiger partial charge in [-0.15, -0.1) is 17.5 Å². The van der Waals surface area contributed by atoms with Crippen molar-refractivity contribution >= 4 is 35.6 Å². The fraction of sp³-hybridized carbons (Fsp3) is 0.294. The van der Waals surface area contributed by atoms with Crippen LogP contribution in [0.3, 0.4) is 0 Å². The van der Waals surface area contributed by atoms with Gasteiger partial charge < -0.3 is 10.6 Å². The van der Waals surface area contributed by atoms with E-state index in [1.54, 1.807) is 46.2 Å². The van der Waals surface area contributed by atoms with Gasteiger partial charge in [-0.2, -0.15) is 5.10 Å². The maximum absolute atomic E-state index is 12.4. The van der Waals surface area contributed by atoms with Gasteiger partial charge in [0, 0.05) is 18.1 Å². The molecule has 0 radical (unpaired) electrons. The average molecular weight is 408 g/mol. The number of anilines is 1. The molecule has 0 unspecified atom stereocenters. The molecule has 0 spiro atoms. The molecule has 1 aliphatic rings. The molecule has 1 fully saturated rings. The Bertz CT molecular complexity index is 904. The zero-order chi connectivity index (χ0) is 17.9. The number of piperidine rings is 1. The Balaban J connectivity index is 0.00000210. The summed E-state index contributed by atoms with van der Waals surface area (Å²) < 4.78 is 3.45. The first-order valence-electron chi connectivity index (χ1n) is 8.44. The Morgan fingerprint density at radius 1 is 1.30 bits per heavy atom. The van der Waals surface area contributed by atoms with E-state index in [1.807, 2.05) is 6.07 Å². The van der Waals surface area contributed by atoms with Gasteiger partial charge in [0.1, 0.15) is 0 Å². The summed E-state index contributed by atoms with van der Waals surface area (Å²) in [6, 6.07) is 7.37. The molecule has 1 aliphatic heterocycles. The summed E-state index contributed by atoms with van der Waals surface area (Å²) in [5.41, 5.74) is 1.62. The van der Waals surface area contributed by atoms with Crippen molar-refractivity contribution in [2.75, 3.05) is 18.4 Å². The van der Waals surface area contributed by atoms with Crippen LogP contribution in [0.2, 0.25) is 5.02 Å². The number of rotatable bonds is 4. The van der Waals surface area contributed by atoms with E-state index in [0.29, 0.717) is 10.7 Å². The zero-order valence-electron chi connectivity index (χ0n) is 14.4. The molecule has 0 saturated carbocycles. The Kier molecular flexibility index (Phi) is 6.10. The van der Waals surface area contributed by atoms with E-state index in [1.165, 1.54) is 0 Å². The summed E-state index contributed by atoms with van der Waals surface area (Å²) in [4.78, 5) is 12.4. The molecule has 8 nitrogen and oxygen atoms in total. The molecule has 3 heterocycles. The first kappa shape index (κ1) is 19.3. The van der Waals surface area contributed by atoms with Crippen molar-refractivity contribution in [2.24, 2.45) is 0 Å². The molecule has 0 atom stereocenters. The highest BCUT2D eigenvalue weighted by Crippen LogP contribution is 2.24. The van der Waals surface area contributed by atoms with Crippen LogP contribution in [-0.2, 0) is 0 Å². The van der Waals surface area contributed by atoms with Gasteiger partial charge in [-0.05, 0) is 50.2 Å². The monoisotopic (exact) mass is 407 g/mol. The van der Waals surface area contributed by atoms with Gasteiger partial charge >= 0.3 is 0 Å². The maximum atomic E-state index is 12.4. The summed E-state index contributed by atoms with van der Waals surface area (Å²) in [5.74, 6) is -0.312. The topological polar surface area (TPSA) is 89.7 Å². The summed E-state index contributed by atoms with van der Waals surface area (Å²) in [5, 5.41) is 18.9. The molecule has 3 aromatic rings. The van der Waals surface area contributed by atoms with Crippen LogP contribution in [0.1, 0.15) is 29.4 Å². The minimum Gasteiger partial charge on any atom is -0.320 e. The van der Waals surface area contributed by atoms with E-state index in [0.717, 1.165) is 31.6 Å². The van der Waals surface area contributed by atoms with E-state index in [9.17, 15) is 4.79 Å². The highest BCUT2D eigenvalue weighted by molar-refractivity contribution is 6.32. The molecular weight excluding hydrogens is 389 g/mol. The van der Waals surface area contributed by atoms with Crippen molar-refractivity contribution in [1.82, 2.24) is 30.1 Å². The van der Waals surface area contributed by atoms with Crippen LogP contribution < -0.4 is 10.6 Å². The van der Waals surface area contributed by atoms with Gasteiger partial charge in [-0.1, -0.05) is 16.8 Å². The molecular formula is C17H19Cl2N7O. The number of nitrogens with zero attached hydrogens (tertiary/aromatic N) is 5. The highest BCUT2D eigenvalue weighted by atomic mass is 35.5. The molecule has 142 valence electrons. The molecule has 27 heavy (non-hydrogen) atoms. The first-order chi connectivity index (χ1) is 12.7. The molecule has 0 aliphatic carbocycles. The van der Waals surface area contributed by atoms with Gasteiger partial charge in [0.15, 0.2) is 5.69 Å². The SMILES string of the molecule is Cl.O=C(Nc1ccc(-n2cccn2)c(Cl)c1)c1cn(C2CCNCC2)nn1. The summed E-state index contributed by atoms with van der Waals surface area (Å²) >= 11 is 6.31. The van der Waals surface area contributed by atoms with Crippen LogP contribution in [0, 0.1) is 0 Å². The molecule has 10 heteroatoms. The van der Waals surface area contributed by atoms with Crippen LogP contribution in [0.4, 0.5) is 5.69 Å². The number of carbonyl (C=O) groups excluding carboxylic acids is 1. The van der Waals surface area contributed by atoms with Gasteiger partial charge in [0.05, 0.1) is 22.9 Å². The second kappa shape index (κ2) is 8.51. The predicted molar refractivity (Wildman–Crippen MR) is 105 cm³/mol. The molecule has 2 N–H and O–H groups in total. The largest absolute Gasteiger partial charge is 0.320 e. The number of benzene rings is 1. The van der Waals surface area contributed by atoms with Gasteiger partial charge in [0.25, 0.3) is 5.91 Å². The third kappa shape index (κ3) is 4.29. The summed E-state index contributed by atoms with van der Waals surface area (Å²) in [6.07, 6.45) is 7.14. The maximum Gasteiger partial charge on any atom is 0.277 e. The van der Waals surface area contributed by atoms with E-state index in [4.69, 9.17) is 11.6 Å². The van der Waals surface area contributed by atoms with Gasteiger partial charge in [-0.3, -0.25) is 4.79 Å². The fourth-order valence-corrected chi connectivity index (χ4v) is 3.27. The second-order valence-electron chi connectivity index (χ2n) is 6.14. The number of hydrogen-bond donors (Lipinski definition) is 2. The van der Waals surface area contributed by atoms with Crippen LogP contribution in [0.5, 0.6) is 0 Å². The lowest BCUT2D eigenvalue weighted by atomic mass is 10.1. The molecule has 1 aromatic carbocycles. The normalized spacial score (nSPS) is 14.6. The van der Waals surface area contributed by atoms with Crippen LogP contribution in [0.15, 0.2) is 42.9 Å². The number of aromatic nitrogens is 5. The Morgan fingerprint density at radius 3 is 2.81 bits per heavy atom. The molecule has 0 bridgehead atoms. The Hall–Kier alpha value is -2.42. The van der Waals surface area contributed by atoms with E-state index >= 15 is 0 Å². The van der Waals surface area contributed by atoms with Crippen molar-refractivity contribution in [1.29, 1.82) is 0 Å². The average Bonchev–Trinajstić information content (AvgIpc) is 3.35. The van der Waals surface area contributed by atoms with E-state index < -0.39 is 0 Å². The number of amides is 1. The Morgan fingerprint density at radius 2 is 2.11 bits per heavy atom. The van der Waals surface area contributed by atoms with Crippen molar-refractivity contribution in [3.8, 4) is 5.69 Å². The minimum absolute atomic E-state index is 0. The summed E-state index contributed by atoms with van der Waals surface area (Å²) in [7, 11) is 0. The highest BCUT2D eigenvalue weighted by Gasteiger charge is 2.19. The standard InChI is InChI=1S/C17H18ClN7O.ClH/c18-14-10-12(2-3-16(14)24-9-1-6-20-24)21-17(26)15-11-25(23-22-15)13-4-7-19-8-5-13;/h1-3,6,9-11,13,19H,4-5,7-8H2,(H,21,26);1H. The van der Waals surface area contributed by atoms with E-state index in [2.05, 4.69) is 26.0 Å². The first-order valence-corrected chi connectivity index (χ1v) is 8.82. The molecule has 4 rings (SSSR count). The molecule has 1 amide bonds. The zero-order valence-corrected chi connectivity index (χ0v) is 16.0. The third-order valence-corrected chi connectivity index (χ3v) is 4.69. The van der Waals surface area contributed by atoms with Crippen molar-refractivity contribution < 1.29 is 4.79 Å². The Labute approximate surface area is 167 Å². The second-order valence-corrected chi connectivity index (χ2v) is 6.54. The summed E-state index contributed by atoms with van der Waals surface area (Å²) in [6.45, 7) is 1.90. The van der Waals surface area contributed by atoms with Gasteiger partial charge in [0.2, 0.25) is 0 Å². The van der Waals surface area contributed by atoms with Crippen molar-refractivity contribution in [3.63, 3.8) is 0 Å². The molecule has 2 aromatic heterocycles. The number of carbonyl (C=O) groups is 1. The van der Waals surface area contributed by atoms with E-state index in [-0.39, 0.29) is 30.0 Å². The number of halogens is 2. The van der Waals surface area contributed by atoms with Crippen LogP contribution in [-0.4, -0.2) is 43.8 Å². The number of hydrogen-bond acceptors (Lipinski definition) is 5. The smallest absolute Gasteiger partial charge is 0.277 e. The third-order valence-electron chi connectivity index (χ3n) is 4.38. The minimum atomic E-state index is -0.312. The molecule has 1 saturated heterocycles. The lowest BCUT2D eigenvalue weighted by Gasteiger charge is -2.22. The van der Waals surface area contributed by atoms with Crippen molar-refractivity contribution in [2.45, 2.75) is 18.9 Å². The fourth-order valence-electron chi connectivity index (χ4n) is 3.01.